The van der Waals surface area contributed by atoms with E-state index >= 15 is 0 Å². The smallest absolute Gasteiger partial charge is 0.259 e. The fourth-order valence-electron chi connectivity index (χ4n) is 1.94. The van der Waals surface area contributed by atoms with Crippen LogP contribution in [0.3, 0.4) is 0 Å². The van der Waals surface area contributed by atoms with E-state index in [9.17, 15) is 4.79 Å². The molecule has 0 aromatic heterocycles. The molecule has 1 heterocycles. The Labute approximate surface area is 122 Å². The van der Waals surface area contributed by atoms with Gasteiger partial charge in [0.25, 0.3) is 5.91 Å². The van der Waals surface area contributed by atoms with Gasteiger partial charge in [-0.3, -0.25) is 4.79 Å². The minimum Gasteiger partial charge on any atom is -0.359 e. The second kappa shape index (κ2) is 5.84. The van der Waals surface area contributed by atoms with Gasteiger partial charge in [0.15, 0.2) is 0 Å². The third-order valence-electron chi connectivity index (χ3n) is 2.99. The van der Waals surface area contributed by atoms with Gasteiger partial charge in [-0.15, -0.1) is 0 Å². The lowest BCUT2D eigenvalue weighted by molar-refractivity contribution is -0.116. The summed E-state index contributed by atoms with van der Waals surface area (Å²) in [7, 11) is 0. The number of benzene rings is 2. The number of fused-ring (bicyclic) bond motifs is 1. The molecule has 0 saturated heterocycles. The van der Waals surface area contributed by atoms with E-state index in [1.165, 1.54) is 11.8 Å². The van der Waals surface area contributed by atoms with E-state index in [2.05, 4.69) is 10.6 Å². The van der Waals surface area contributed by atoms with Crippen molar-refractivity contribution in [2.75, 3.05) is 5.32 Å². The molecule has 2 N–H and O–H groups in total. The molecule has 1 aliphatic heterocycles. The summed E-state index contributed by atoms with van der Waals surface area (Å²) in [6.45, 7) is 0.541. The van der Waals surface area contributed by atoms with Crippen molar-refractivity contribution in [2.24, 2.45) is 0 Å². The fourth-order valence-corrected chi connectivity index (χ4v) is 2.85. The van der Waals surface area contributed by atoms with Crippen LogP contribution in [-0.2, 0) is 11.3 Å². The minimum absolute atomic E-state index is 0.0548. The van der Waals surface area contributed by atoms with Gasteiger partial charge in [0.05, 0.1) is 10.6 Å². The molecule has 4 heteroatoms. The van der Waals surface area contributed by atoms with Gasteiger partial charge in [-0.05, 0) is 17.7 Å². The van der Waals surface area contributed by atoms with E-state index in [0.29, 0.717) is 11.4 Å². The highest BCUT2D eigenvalue weighted by atomic mass is 32.2. The number of anilines is 1. The van der Waals surface area contributed by atoms with Crippen molar-refractivity contribution in [3.8, 4) is 0 Å². The second-order valence-electron chi connectivity index (χ2n) is 4.42. The summed E-state index contributed by atoms with van der Waals surface area (Å²) in [5.41, 5.74) is 2.13. The van der Waals surface area contributed by atoms with Crippen LogP contribution in [-0.4, -0.2) is 5.91 Å². The largest absolute Gasteiger partial charge is 0.359 e. The molecule has 2 aromatic carbocycles. The molecule has 0 aliphatic carbocycles. The summed E-state index contributed by atoms with van der Waals surface area (Å²) in [4.78, 5) is 13.9. The van der Waals surface area contributed by atoms with Crippen molar-refractivity contribution in [2.45, 2.75) is 11.4 Å². The van der Waals surface area contributed by atoms with Crippen LogP contribution >= 0.6 is 11.8 Å². The van der Waals surface area contributed by atoms with Gasteiger partial charge >= 0.3 is 0 Å². The van der Waals surface area contributed by atoms with Crippen molar-refractivity contribution in [1.82, 2.24) is 5.32 Å². The summed E-state index contributed by atoms with van der Waals surface area (Å²) < 4.78 is 0. The molecule has 2 aromatic rings. The molecule has 1 aliphatic rings. The molecule has 0 radical (unpaired) electrons. The SMILES string of the molecule is O=C(NCc1ccccc1)C1=CNc2ccccc2S1. The molecule has 3 rings (SSSR count). The number of carbonyl (C=O) groups excluding carboxylic acids is 1. The summed E-state index contributed by atoms with van der Waals surface area (Å²) in [6, 6.07) is 17.8. The lowest BCUT2D eigenvalue weighted by Gasteiger charge is -2.17. The van der Waals surface area contributed by atoms with E-state index in [1.54, 1.807) is 6.20 Å². The summed E-state index contributed by atoms with van der Waals surface area (Å²) in [5, 5.41) is 6.08. The zero-order chi connectivity index (χ0) is 13.8. The van der Waals surface area contributed by atoms with Crippen LogP contribution < -0.4 is 10.6 Å². The van der Waals surface area contributed by atoms with Crippen molar-refractivity contribution in [3.05, 3.63) is 71.3 Å². The molecular weight excluding hydrogens is 268 g/mol. The Hall–Kier alpha value is -2.20. The summed E-state index contributed by atoms with van der Waals surface area (Å²) in [5.74, 6) is -0.0548. The van der Waals surface area contributed by atoms with Crippen molar-refractivity contribution < 1.29 is 4.79 Å². The first-order valence-corrected chi connectivity index (χ1v) is 7.20. The van der Waals surface area contributed by atoms with Crippen LogP contribution in [0, 0.1) is 0 Å². The molecule has 1 amide bonds. The number of hydrogen-bond donors (Lipinski definition) is 2. The Morgan fingerprint density at radius 3 is 2.65 bits per heavy atom. The lowest BCUT2D eigenvalue weighted by Crippen LogP contribution is -2.24. The van der Waals surface area contributed by atoms with Gasteiger partial charge in [-0.1, -0.05) is 54.2 Å². The second-order valence-corrected chi connectivity index (χ2v) is 5.50. The number of carbonyl (C=O) groups is 1. The Balaban J connectivity index is 1.63. The monoisotopic (exact) mass is 282 g/mol. The molecule has 0 atom stereocenters. The molecular formula is C16H14N2OS. The summed E-state index contributed by atoms with van der Waals surface area (Å²) >= 11 is 1.49. The molecule has 3 nitrogen and oxygen atoms in total. The first-order chi connectivity index (χ1) is 9.83. The minimum atomic E-state index is -0.0548. The lowest BCUT2D eigenvalue weighted by atomic mass is 10.2. The Kier molecular flexibility index (Phi) is 3.74. The van der Waals surface area contributed by atoms with Gasteiger partial charge in [-0.25, -0.2) is 0 Å². The molecule has 0 bridgehead atoms. The maximum Gasteiger partial charge on any atom is 0.259 e. The molecule has 0 spiro atoms. The first kappa shape index (κ1) is 12.8. The molecule has 0 fully saturated rings. The average molecular weight is 282 g/mol. The zero-order valence-electron chi connectivity index (χ0n) is 10.8. The van der Waals surface area contributed by atoms with Crippen molar-refractivity contribution in [1.29, 1.82) is 0 Å². The van der Waals surface area contributed by atoms with E-state index in [1.807, 2.05) is 54.6 Å². The third kappa shape index (κ3) is 2.86. The number of rotatable bonds is 3. The molecule has 0 saturated carbocycles. The maximum atomic E-state index is 12.1. The van der Waals surface area contributed by atoms with Crippen LogP contribution in [0.1, 0.15) is 5.56 Å². The van der Waals surface area contributed by atoms with Crippen LogP contribution in [0.4, 0.5) is 5.69 Å². The van der Waals surface area contributed by atoms with Gasteiger partial charge in [0, 0.05) is 17.6 Å². The van der Waals surface area contributed by atoms with Crippen molar-refractivity contribution >= 4 is 23.4 Å². The highest BCUT2D eigenvalue weighted by Crippen LogP contribution is 2.36. The van der Waals surface area contributed by atoms with Crippen molar-refractivity contribution in [3.63, 3.8) is 0 Å². The molecule has 20 heavy (non-hydrogen) atoms. The molecule has 100 valence electrons. The highest BCUT2D eigenvalue weighted by molar-refractivity contribution is 8.04. The van der Waals surface area contributed by atoms with Crippen LogP contribution in [0.2, 0.25) is 0 Å². The standard InChI is InChI=1S/C16H14N2OS/c19-16(18-10-12-6-2-1-3-7-12)15-11-17-13-8-4-5-9-14(13)20-15/h1-9,11,17H,10H2,(H,18,19). The Morgan fingerprint density at radius 1 is 1.05 bits per heavy atom. The third-order valence-corrected chi connectivity index (χ3v) is 4.08. The predicted octanol–water partition coefficient (Wildman–Crippen LogP) is 3.36. The van der Waals surface area contributed by atoms with Gasteiger partial charge < -0.3 is 10.6 Å². The van der Waals surface area contributed by atoms with Crippen LogP contribution in [0.5, 0.6) is 0 Å². The van der Waals surface area contributed by atoms with Crippen LogP contribution in [0.25, 0.3) is 0 Å². The van der Waals surface area contributed by atoms with E-state index < -0.39 is 0 Å². The van der Waals surface area contributed by atoms with E-state index in [4.69, 9.17) is 0 Å². The normalized spacial score (nSPS) is 12.9. The van der Waals surface area contributed by atoms with E-state index in [0.717, 1.165) is 16.1 Å². The Morgan fingerprint density at radius 2 is 1.80 bits per heavy atom. The average Bonchev–Trinajstić information content (AvgIpc) is 2.53. The number of para-hydroxylation sites is 1. The highest BCUT2D eigenvalue weighted by Gasteiger charge is 2.16. The van der Waals surface area contributed by atoms with Crippen LogP contribution in [0.15, 0.2) is 70.6 Å². The quantitative estimate of drug-likeness (QED) is 0.907. The topological polar surface area (TPSA) is 41.1 Å². The number of nitrogens with one attached hydrogen (secondary N) is 2. The van der Waals surface area contributed by atoms with Gasteiger partial charge in [0.1, 0.15) is 0 Å². The predicted molar refractivity (Wildman–Crippen MR) is 82.3 cm³/mol. The number of hydrogen-bond acceptors (Lipinski definition) is 3. The fraction of sp³-hybridized carbons (Fsp3) is 0.0625. The first-order valence-electron chi connectivity index (χ1n) is 6.38. The Bertz CT molecular complexity index is 653. The zero-order valence-corrected chi connectivity index (χ0v) is 11.6. The number of thioether (sulfide) groups is 1. The molecule has 0 unspecified atom stereocenters. The summed E-state index contributed by atoms with van der Waals surface area (Å²) in [6.07, 6.45) is 1.76. The number of amides is 1. The van der Waals surface area contributed by atoms with E-state index in [-0.39, 0.29) is 5.91 Å². The van der Waals surface area contributed by atoms with Gasteiger partial charge in [-0.2, -0.15) is 0 Å². The van der Waals surface area contributed by atoms with Gasteiger partial charge in [0.2, 0.25) is 0 Å². The maximum absolute atomic E-state index is 12.1.